The second-order valence-electron chi connectivity index (χ2n) is 6.60. The van der Waals surface area contributed by atoms with Gasteiger partial charge in [0.1, 0.15) is 12.2 Å². The Morgan fingerprint density at radius 2 is 1.76 bits per heavy atom. The van der Waals surface area contributed by atoms with E-state index in [1.165, 1.54) is 0 Å². The van der Waals surface area contributed by atoms with Gasteiger partial charge in [-0.3, -0.25) is 4.79 Å². The van der Waals surface area contributed by atoms with Crippen molar-refractivity contribution in [3.05, 3.63) is 0 Å². The van der Waals surface area contributed by atoms with E-state index in [1.807, 2.05) is 13.8 Å². The first-order chi connectivity index (χ1) is 9.87. The van der Waals surface area contributed by atoms with E-state index in [-0.39, 0.29) is 0 Å². The molecule has 2 saturated heterocycles. The lowest BCUT2D eigenvalue weighted by Crippen LogP contribution is -2.26. The third kappa shape index (κ3) is 8.39. The fourth-order valence-electron chi connectivity index (χ4n) is 1.70. The first-order valence-corrected chi connectivity index (χ1v) is 7.91. The van der Waals surface area contributed by atoms with E-state index >= 15 is 0 Å². The highest BCUT2D eigenvalue weighted by atomic mass is 16.6. The molecule has 0 radical (unpaired) electrons. The summed E-state index contributed by atoms with van der Waals surface area (Å²) in [6, 6.07) is 0. The van der Waals surface area contributed by atoms with E-state index in [0.29, 0.717) is 18.1 Å². The summed E-state index contributed by atoms with van der Waals surface area (Å²) in [7, 11) is 0. The van der Waals surface area contributed by atoms with E-state index in [0.717, 1.165) is 45.7 Å². The molecule has 0 aliphatic carbocycles. The number of epoxide rings is 2. The van der Waals surface area contributed by atoms with Gasteiger partial charge in [-0.1, -0.05) is 20.8 Å². The maximum atomic E-state index is 10.9. The monoisotopic (exact) mass is 302 g/mol. The lowest BCUT2D eigenvalue weighted by atomic mass is 9.81. The van der Waals surface area contributed by atoms with Crippen molar-refractivity contribution >= 4 is 5.97 Å². The molecule has 21 heavy (non-hydrogen) atoms. The fourth-order valence-corrected chi connectivity index (χ4v) is 1.70. The van der Waals surface area contributed by atoms with Crippen LogP contribution in [-0.4, -0.2) is 49.7 Å². The highest BCUT2D eigenvalue weighted by molar-refractivity contribution is 5.73. The van der Waals surface area contributed by atoms with Gasteiger partial charge in [0.05, 0.1) is 31.8 Å². The zero-order valence-electron chi connectivity index (χ0n) is 13.8. The molecule has 0 bridgehead atoms. The Morgan fingerprint density at radius 1 is 1.29 bits per heavy atom. The van der Waals surface area contributed by atoms with Gasteiger partial charge in [0.2, 0.25) is 0 Å². The van der Waals surface area contributed by atoms with Crippen molar-refractivity contribution < 1.29 is 24.1 Å². The van der Waals surface area contributed by atoms with Gasteiger partial charge < -0.3 is 19.3 Å². The number of rotatable bonds is 9. The topological polar surface area (TPSA) is 71.6 Å². The molecular weight excluding hydrogens is 272 g/mol. The third-order valence-electron chi connectivity index (χ3n) is 3.98. The normalized spacial score (nSPS) is 25.8. The molecule has 124 valence electrons. The highest BCUT2D eigenvalue weighted by Crippen LogP contribution is 2.29. The van der Waals surface area contributed by atoms with E-state index in [4.69, 9.17) is 19.3 Å². The third-order valence-corrected chi connectivity index (χ3v) is 3.98. The molecule has 0 aromatic heterocycles. The maximum absolute atomic E-state index is 10.9. The van der Waals surface area contributed by atoms with Crippen LogP contribution in [0.3, 0.4) is 0 Å². The zero-order valence-corrected chi connectivity index (χ0v) is 13.8. The second kappa shape index (κ2) is 8.71. The second-order valence-corrected chi connectivity index (χ2v) is 6.60. The number of hydrogen-bond acceptors (Lipinski definition) is 4. The Morgan fingerprint density at radius 3 is 2.05 bits per heavy atom. The van der Waals surface area contributed by atoms with E-state index < -0.39 is 11.4 Å². The Hall–Kier alpha value is -0.650. The Kier molecular flexibility index (Phi) is 7.63. The molecule has 2 fully saturated rings. The van der Waals surface area contributed by atoms with Crippen LogP contribution in [0.1, 0.15) is 47.0 Å². The van der Waals surface area contributed by atoms with E-state index in [2.05, 4.69) is 13.8 Å². The minimum absolute atomic E-state index is 0.392. The predicted octanol–water partition coefficient (Wildman–Crippen LogP) is 2.72. The molecule has 5 nitrogen and oxygen atoms in total. The van der Waals surface area contributed by atoms with Gasteiger partial charge in [-0.2, -0.15) is 0 Å². The fraction of sp³-hybridized carbons (Fsp3) is 0.938. The van der Waals surface area contributed by atoms with Crippen LogP contribution in [0.4, 0.5) is 0 Å². The minimum atomic E-state index is -0.661. The molecule has 2 aliphatic rings. The number of carbonyl (C=O) groups is 1. The van der Waals surface area contributed by atoms with Gasteiger partial charge in [0.25, 0.3) is 0 Å². The van der Waals surface area contributed by atoms with Crippen LogP contribution in [0.25, 0.3) is 0 Å². The summed E-state index contributed by atoms with van der Waals surface area (Å²) in [6.45, 7) is 11.3. The smallest absolute Gasteiger partial charge is 0.309 e. The average Bonchev–Trinajstić information content (AvgIpc) is 3.30. The van der Waals surface area contributed by atoms with E-state index in [9.17, 15) is 4.79 Å². The van der Waals surface area contributed by atoms with Crippen LogP contribution in [-0.2, 0) is 19.0 Å². The Bertz CT molecular complexity index is 298. The summed E-state index contributed by atoms with van der Waals surface area (Å²) in [5, 5.41) is 8.95. The van der Waals surface area contributed by atoms with Crippen molar-refractivity contribution in [1.82, 2.24) is 0 Å². The van der Waals surface area contributed by atoms with Crippen LogP contribution < -0.4 is 0 Å². The predicted molar refractivity (Wildman–Crippen MR) is 80.4 cm³/mol. The van der Waals surface area contributed by atoms with Gasteiger partial charge in [0, 0.05) is 0 Å². The van der Waals surface area contributed by atoms with Crippen LogP contribution in [0.15, 0.2) is 0 Å². The summed E-state index contributed by atoms with van der Waals surface area (Å²) < 4.78 is 15.1. The van der Waals surface area contributed by atoms with Crippen molar-refractivity contribution in [2.45, 2.75) is 59.2 Å². The molecule has 2 aliphatic heterocycles. The Labute approximate surface area is 128 Å². The lowest BCUT2D eigenvalue weighted by Gasteiger charge is -2.23. The molecule has 3 atom stereocenters. The number of ether oxygens (including phenoxy) is 3. The van der Waals surface area contributed by atoms with Crippen molar-refractivity contribution in [2.75, 3.05) is 26.4 Å². The summed E-state index contributed by atoms with van der Waals surface area (Å²) in [5.74, 6) is -0.0686. The molecule has 0 aromatic carbocycles. The van der Waals surface area contributed by atoms with Gasteiger partial charge in [-0.25, -0.2) is 0 Å². The largest absolute Gasteiger partial charge is 0.481 e. The molecule has 0 aromatic rings. The average molecular weight is 302 g/mol. The molecule has 0 amide bonds. The first-order valence-electron chi connectivity index (χ1n) is 7.91. The SMILES string of the molecule is C(OCC1CO1)C1CO1.CCC(C)(CCC(C)C)C(=O)O. The molecule has 0 spiro atoms. The molecular formula is C16H30O5. The summed E-state index contributed by atoms with van der Waals surface area (Å²) in [4.78, 5) is 10.9. The quantitative estimate of drug-likeness (QED) is 0.663. The van der Waals surface area contributed by atoms with Crippen molar-refractivity contribution in [3.63, 3.8) is 0 Å². The molecule has 2 heterocycles. The molecule has 2 rings (SSSR count). The van der Waals surface area contributed by atoms with Gasteiger partial charge in [-0.15, -0.1) is 0 Å². The van der Waals surface area contributed by atoms with Crippen LogP contribution in [0.5, 0.6) is 0 Å². The molecule has 1 N–H and O–H groups in total. The summed E-state index contributed by atoms with van der Waals surface area (Å²) in [6.07, 6.45) is 3.29. The first kappa shape index (κ1) is 18.4. The number of carboxylic acids is 1. The van der Waals surface area contributed by atoms with Crippen molar-refractivity contribution in [1.29, 1.82) is 0 Å². The van der Waals surface area contributed by atoms with Gasteiger partial charge >= 0.3 is 5.97 Å². The van der Waals surface area contributed by atoms with Crippen molar-refractivity contribution in [3.8, 4) is 0 Å². The number of hydrogen-bond donors (Lipinski definition) is 1. The van der Waals surface area contributed by atoms with Gasteiger partial charge in [-0.05, 0) is 32.1 Å². The number of aliphatic carboxylic acids is 1. The Balaban J connectivity index is 0.000000216. The molecule has 3 unspecified atom stereocenters. The lowest BCUT2D eigenvalue weighted by molar-refractivity contribution is -0.148. The zero-order chi connectivity index (χ0) is 15.9. The summed E-state index contributed by atoms with van der Waals surface area (Å²) in [5.41, 5.74) is -0.510. The maximum Gasteiger partial charge on any atom is 0.309 e. The van der Waals surface area contributed by atoms with Crippen LogP contribution >= 0.6 is 0 Å². The standard InChI is InChI=1S/C10H20O2.C6H10O3/c1-5-10(4,9(11)12)7-6-8(2)3;1(5-3-8-5)7-2-6-4-9-6/h8H,5-7H2,1-4H3,(H,11,12);5-6H,1-4H2. The molecule has 5 heteroatoms. The number of carboxylic acid groups (broad SMARTS) is 1. The van der Waals surface area contributed by atoms with Crippen LogP contribution in [0.2, 0.25) is 0 Å². The van der Waals surface area contributed by atoms with Crippen LogP contribution in [0, 0.1) is 11.3 Å². The minimum Gasteiger partial charge on any atom is -0.481 e. The summed E-state index contributed by atoms with van der Waals surface area (Å²) >= 11 is 0. The highest BCUT2D eigenvalue weighted by Gasteiger charge is 2.30. The van der Waals surface area contributed by atoms with Crippen molar-refractivity contribution in [2.24, 2.45) is 11.3 Å². The molecule has 0 saturated carbocycles. The van der Waals surface area contributed by atoms with Gasteiger partial charge in [0.15, 0.2) is 0 Å². The van der Waals surface area contributed by atoms with E-state index in [1.54, 1.807) is 0 Å².